The van der Waals surface area contributed by atoms with Crippen molar-refractivity contribution < 1.29 is 24.1 Å². The fraction of sp³-hybridized carbons (Fsp3) is 0.276. The first-order valence-corrected chi connectivity index (χ1v) is 23.8. The molecule has 13 rings (SSSR count). The van der Waals surface area contributed by atoms with Crippen molar-refractivity contribution in [3.8, 4) is 34.1 Å². The molecular weight excluding hydrogens is 964 g/mol. The molecule has 0 saturated carbocycles. The Balaban J connectivity index is 1.04. The van der Waals surface area contributed by atoms with Crippen LogP contribution in [0.1, 0.15) is 97.4 Å². The number of fused-ring (bicyclic) bond motifs is 3. The van der Waals surface area contributed by atoms with Crippen LogP contribution < -0.4 is 4.74 Å². The van der Waals surface area contributed by atoms with Crippen molar-refractivity contribution in [1.29, 1.82) is 0 Å². The Morgan fingerprint density at radius 1 is 0.625 bits per heavy atom. The van der Waals surface area contributed by atoms with Gasteiger partial charge >= 0.3 is 261 Å². The SMILES string of the molecule is Cc1cc(-n2c3[c-]c(Oc4[c-]c(-n5cc6c7ccc(n6[c]5=[Pt])CCc5ccc(c(C)c5C)CC7)ccc4)ccc3c3cc(C(C)(C)C)ccc32)nc(C)c1-c1ccc(C(C)(C)C)cc1. The molecule has 2 aliphatic heterocycles. The van der Waals surface area contributed by atoms with Gasteiger partial charge in [0.1, 0.15) is 0 Å². The van der Waals surface area contributed by atoms with Crippen molar-refractivity contribution in [2.75, 3.05) is 0 Å². The first kappa shape index (κ1) is 42.2. The Morgan fingerprint density at radius 3 is 1.98 bits per heavy atom. The molecular formula is C58H56N4OPt-2. The number of pyridine rings is 2. The Morgan fingerprint density at radius 2 is 1.28 bits per heavy atom. The van der Waals surface area contributed by atoms with E-state index < -0.39 is 0 Å². The summed E-state index contributed by atoms with van der Waals surface area (Å²) in [6.07, 6.45) is 6.26. The number of hydrogen-bond donors (Lipinski definition) is 0. The number of benzene rings is 5. The smallest absolute Gasteiger partial charge is 0.0579 e. The molecule has 0 N–H and O–H groups in total. The minimum Gasteiger partial charge on any atom is -0.0579 e. The van der Waals surface area contributed by atoms with E-state index in [4.69, 9.17) is 9.72 Å². The Bertz CT molecular complexity index is 3360. The van der Waals surface area contributed by atoms with E-state index >= 15 is 0 Å². The van der Waals surface area contributed by atoms with E-state index in [0.29, 0.717) is 11.5 Å². The second-order valence-corrected chi connectivity index (χ2v) is 21.0. The van der Waals surface area contributed by atoms with Crippen LogP contribution in [0.4, 0.5) is 0 Å². The van der Waals surface area contributed by atoms with Gasteiger partial charge in [0.2, 0.25) is 0 Å². The van der Waals surface area contributed by atoms with Crippen molar-refractivity contribution in [3.05, 3.63) is 181 Å². The summed E-state index contributed by atoms with van der Waals surface area (Å²) in [6.45, 7) is 22.5. The molecule has 0 saturated heterocycles. The van der Waals surface area contributed by atoms with Crippen molar-refractivity contribution in [3.63, 3.8) is 0 Å². The Labute approximate surface area is 388 Å². The van der Waals surface area contributed by atoms with Gasteiger partial charge in [-0.3, -0.25) is 0 Å². The maximum atomic E-state index is 6.71. The molecule has 0 unspecified atom stereocenters. The van der Waals surface area contributed by atoms with Crippen LogP contribution in [0.15, 0.2) is 109 Å². The molecule has 0 fully saturated rings. The van der Waals surface area contributed by atoms with Crippen LogP contribution in [-0.2, 0) is 55.9 Å². The molecule has 0 atom stereocenters. The van der Waals surface area contributed by atoms with Crippen LogP contribution in [0.5, 0.6) is 11.5 Å². The zero-order valence-electron chi connectivity index (χ0n) is 38.7. The van der Waals surface area contributed by atoms with Gasteiger partial charge in [0.05, 0.1) is 0 Å². The zero-order chi connectivity index (χ0) is 44.8. The number of rotatable bonds is 5. The number of ether oxygens (including phenoxy) is 1. The molecule has 5 aromatic carbocycles. The van der Waals surface area contributed by atoms with E-state index in [0.717, 1.165) is 63.1 Å². The number of imidazole rings is 1. The van der Waals surface area contributed by atoms with Crippen molar-refractivity contribution >= 4 is 27.3 Å². The second-order valence-electron chi connectivity index (χ2n) is 19.9. The fourth-order valence-corrected chi connectivity index (χ4v) is 10.8. The average Bonchev–Trinajstić information content (AvgIpc) is 3.77. The molecule has 5 nitrogen and oxygen atoms in total. The first-order chi connectivity index (χ1) is 30.5. The van der Waals surface area contributed by atoms with Crippen LogP contribution >= 0.6 is 0 Å². The summed E-state index contributed by atoms with van der Waals surface area (Å²) in [5.41, 5.74) is 19.9. The van der Waals surface area contributed by atoms with Gasteiger partial charge in [-0.25, -0.2) is 0 Å². The van der Waals surface area contributed by atoms with E-state index in [2.05, 4.69) is 211 Å². The molecule has 4 bridgehead atoms. The summed E-state index contributed by atoms with van der Waals surface area (Å²) in [7, 11) is 0. The maximum absolute atomic E-state index is 6.71. The van der Waals surface area contributed by atoms with E-state index in [1.54, 1.807) is 0 Å². The third kappa shape index (κ3) is 7.40. The van der Waals surface area contributed by atoms with Gasteiger partial charge in [0.15, 0.2) is 0 Å². The third-order valence-electron chi connectivity index (χ3n) is 13.7. The van der Waals surface area contributed by atoms with Gasteiger partial charge in [-0.1, -0.05) is 71.9 Å². The minimum absolute atomic E-state index is 0.00450. The van der Waals surface area contributed by atoms with Gasteiger partial charge in [0.25, 0.3) is 0 Å². The molecule has 0 radical (unpaired) electrons. The van der Waals surface area contributed by atoms with Gasteiger partial charge in [0, 0.05) is 11.3 Å². The minimum atomic E-state index is -0.00450. The van der Waals surface area contributed by atoms with Crippen molar-refractivity contribution in [1.82, 2.24) is 18.5 Å². The second kappa shape index (κ2) is 15.7. The summed E-state index contributed by atoms with van der Waals surface area (Å²) in [5, 5.41) is 2.28. The van der Waals surface area contributed by atoms with Crippen molar-refractivity contribution in [2.45, 2.75) is 106 Å². The monoisotopic (exact) mass is 1020 g/mol. The number of aromatic nitrogens is 4. The summed E-state index contributed by atoms with van der Waals surface area (Å²) in [6, 6.07) is 45.2. The number of hydrogen-bond acceptors (Lipinski definition) is 2. The summed E-state index contributed by atoms with van der Waals surface area (Å²) in [5.74, 6) is 2.12. The van der Waals surface area contributed by atoms with Gasteiger partial charge in [-0.05, 0) is 46.9 Å². The topological polar surface area (TPSA) is 36.4 Å². The first-order valence-electron chi connectivity index (χ1n) is 22.6. The number of nitrogens with zero attached hydrogens (tertiary/aromatic N) is 4. The predicted octanol–water partition coefficient (Wildman–Crippen LogP) is 14.1. The molecule has 0 spiro atoms. The standard InChI is InChI=1S/C58H56N4O.Pt/c1-36-30-55(59-39(4)56(36)43-18-22-44(23-19-43)57(5,6)7)62-52-29-24-45(58(8,9)10)31-51(52)50-28-27-49(33-53(50)62)63-48-13-11-12-47(32-48)60-34-54-42-17-16-40-14-15-41(38(3)37(40)2)20-25-46(26-21-42)61(54)35-60;/h11-15,18-19,21-24,26-31,34H,16-17,20,25H2,1-10H3;/q-2;. The molecule has 4 aromatic heterocycles. The summed E-state index contributed by atoms with van der Waals surface area (Å²) < 4.78 is 14.8. The molecule has 0 amide bonds. The van der Waals surface area contributed by atoms with E-state index in [-0.39, 0.29) is 10.8 Å². The van der Waals surface area contributed by atoms with Crippen LogP contribution in [-0.4, -0.2) is 18.5 Å². The molecule has 64 heavy (non-hydrogen) atoms. The van der Waals surface area contributed by atoms with Gasteiger partial charge in [-0.2, -0.15) is 0 Å². The van der Waals surface area contributed by atoms with Gasteiger partial charge < -0.3 is 0 Å². The Kier molecular flexibility index (Phi) is 10.4. The van der Waals surface area contributed by atoms with Crippen LogP contribution in [0, 0.1) is 43.6 Å². The van der Waals surface area contributed by atoms with Crippen molar-refractivity contribution in [2.24, 2.45) is 0 Å². The van der Waals surface area contributed by atoms with E-state index in [1.165, 1.54) is 72.2 Å². The van der Waals surface area contributed by atoms with E-state index in [9.17, 15) is 0 Å². The van der Waals surface area contributed by atoms with Gasteiger partial charge in [-0.15, -0.1) is 0 Å². The summed E-state index contributed by atoms with van der Waals surface area (Å²) >= 11 is 2.49. The van der Waals surface area contributed by atoms with E-state index in [1.807, 2.05) is 12.1 Å². The van der Waals surface area contributed by atoms with Crippen LogP contribution in [0.25, 0.3) is 50.0 Å². The summed E-state index contributed by atoms with van der Waals surface area (Å²) in [4.78, 5) is 5.33. The molecule has 2 aliphatic carbocycles. The zero-order valence-corrected chi connectivity index (χ0v) is 41.0. The fourth-order valence-electron chi connectivity index (χ4n) is 9.79. The predicted molar refractivity (Wildman–Crippen MR) is 259 cm³/mol. The number of aryl methyl sites for hydroxylation is 6. The molecule has 4 aliphatic rings. The normalized spacial score (nSPS) is 13.3. The Hall–Kier alpha value is -5.77. The average molecular weight is 1020 g/mol. The van der Waals surface area contributed by atoms with Crippen LogP contribution in [0.2, 0.25) is 0 Å². The molecule has 326 valence electrons. The molecule has 6 heteroatoms. The van der Waals surface area contributed by atoms with Crippen LogP contribution in [0.3, 0.4) is 0 Å². The third-order valence-corrected chi connectivity index (χ3v) is 14.7. The molecule has 6 heterocycles. The molecule has 9 aromatic rings. The quantitative estimate of drug-likeness (QED) is 0.161.